The highest BCUT2D eigenvalue weighted by atomic mass is 32.2. The first-order valence-electron chi connectivity index (χ1n) is 7.82. The fourth-order valence-electron chi connectivity index (χ4n) is 2.61. The van der Waals surface area contributed by atoms with Gasteiger partial charge in [0.1, 0.15) is 5.03 Å². The van der Waals surface area contributed by atoms with Crippen molar-refractivity contribution < 1.29 is 29.0 Å². The maximum atomic E-state index is 12.7. The van der Waals surface area contributed by atoms with E-state index >= 15 is 0 Å². The summed E-state index contributed by atoms with van der Waals surface area (Å²) in [6.45, 7) is 0. The van der Waals surface area contributed by atoms with E-state index < -0.39 is 29.0 Å². The minimum Gasteiger partial charge on any atom is -0.478 e. The van der Waals surface area contributed by atoms with Crippen LogP contribution in [0, 0.1) is 0 Å². The van der Waals surface area contributed by atoms with E-state index in [9.17, 15) is 24.3 Å². The van der Waals surface area contributed by atoms with E-state index in [4.69, 9.17) is 0 Å². The number of carbonyl (C=O) groups excluding carboxylic acids is 3. The molecule has 1 aromatic carbocycles. The summed E-state index contributed by atoms with van der Waals surface area (Å²) in [5, 5.41) is 8.63. The van der Waals surface area contributed by atoms with Gasteiger partial charge in [-0.2, -0.15) is 0 Å². The van der Waals surface area contributed by atoms with Crippen molar-refractivity contribution in [3.8, 4) is 0 Å². The summed E-state index contributed by atoms with van der Waals surface area (Å²) in [5.74, 6) is -2.54. The van der Waals surface area contributed by atoms with Crippen LogP contribution in [0.2, 0.25) is 0 Å². The Labute approximate surface area is 158 Å². The van der Waals surface area contributed by atoms with Crippen LogP contribution in [0.3, 0.4) is 0 Å². The second kappa shape index (κ2) is 7.58. The smallest absolute Gasteiger partial charge is 0.338 e. The van der Waals surface area contributed by atoms with Crippen molar-refractivity contribution in [1.82, 2.24) is 4.98 Å². The van der Waals surface area contributed by atoms with Crippen molar-refractivity contribution in [3.05, 3.63) is 53.7 Å². The Bertz CT molecular complexity index is 928. The largest absolute Gasteiger partial charge is 0.478 e. The number of amides is 2. The summed E-state index contributed by atoms with van der Waals surface area (Å²) in [6, 6.07) is 8.77. The number of pyridine rings is 1. The van der Waals surface area contributed by atoms with Gasteiger partial charge in [-0.1, -0.05) is 11.8 Å². The molecule has 1 fully saturated rings. The van der Waals surface area contributed by atoms with Crippen LogP contribution in [-0.2, 0) is 14.3 Å². The molecule has 0 aliphatic carbocycles. The van der Waals surface area contributed by atoms with Crippen LogP contribution in [0.25, 0.3) is 0 Å². The number of hydrogen-bond acceptors (Lipinski definition) is 7. The lowest BCUT2D eigenvalue weighted by atomic mass is 10.2. The molecule has 2 heterocycles. The van der Waals surface area contributed by atoms with Gasteiger partial charge >= 0.3 is 11.9 Å². The number of carbonyl (C=O) groups is 4. The van der Waals surface area contributed by atoms with Crippen molar-refractivity contribution >= 4 is 41.2 Å². The SMILES string of the molecule is COC(=O)c1ccc(N2C(=O)C[C@H](Sc3ncccc3C(=O)O)C2=O)cc1. The van der Waals surface area contributed by atoms with E-state index in [0.717, 1.165) is 16.7 Å². The molecule has 1 aliphatic rings. The molecule has 2 amide bonds. The van der Waals surface area contributed by atoms with Crippen molar-refractivity contribution in [3.63, 3.8) is 0 Å². The monoisotopic (exact) mass is 386 g/mol. The summed E-state index contributed by atoms with van der Waals surface area (Å²) in [7, 11) is 1.26. The van der Waals surface area contributed by atoms with Gasteiger partial charge in [0.05, 0.1) is 29.2 Å². The molecule has 138 valence electrons. The number of benzene rings is 1. The van der Waals surface area contributed by atoms with E-state index in [0.29, 0.717) is 11.3 Å². The molecule has 27 heavy (non-hydrogen) atoms. The van der Waals surface area contributed by atoms with Gasteiger partial charge in [-0.3, -0.25) is 9.59 Å². The van der Waals surface area contributed by atoms with Crippen LogP contribution in [0.5, 0.6) is 0 Å². The van der Waals surface area contributed by atoms with Gasteiger partial charge in [-0.05, 0) is 36.4 Å². The predicted molar refractivity (Wildman–Crippen MR) is 95.7 cm³/mol. The van der Waals surface area contributed by atoms with Gasteiger partial charge in [0.15, 0.2) is 0 Å². The van der Waals surface area contributed by atoms with Crippen LogP contribution >= 0.6 is 11.8 Å². The second-order valence-corrected chi connectivity index (χ2v) is 6.77. The summed E-state index contributed by atoms with van der Waals surface area (Å²) >= 11 is 0.950. The summed E-state index contributed by atoms with van der Waals surface area (Å²) in [6.07, 6.45) is 1.36. The van der Waals surface area contributed by atoms with Crippen molar-refractivity contribution in [2.45, 2.75) is 16.7 Å². The summed E-state index contributed by atoms with van der Waals surface area (Å²) < 4.78 is 4.61. The van der Waals surface area contributed by atoms with E-state index in [-0.39, 0.29) is 17.0 Å². The maximum absolute atomic E-state index is 12.7. The van der Waals surface area contributed by atoms with E-state index in [1.807, 2.05) is 0 Å². The third-order valence-electron chi connectivity index (χ3n) is 3.91. The van der Waals surface area contributed by atoms with Gasteiger partial charge in [-0.15, -0.1) is 0 Å². The Hall–Kier alpha value is -3.20. The van der Waals surface area contributed by atoms with Crippen LogP contribution in [-0.4, -0.2) is 46.2 Å². The lowest BCUT2D eigenvalue weighted by molar-refractivity contribution is -0.121. The predicted octanol–water partition coefficient (Wildman–Crippen LogP) is 1.99. The highest BCUT2D eigenvalue weighted by Gasteiger charge is 2.41. The lowest BCUT2D eigenvalue weighted by Crippen LogP contribution is -2.31. The topological polar surface area (TPSA) is 114 Å². The Kier molecular flexibility index (Phi) is 5.22. The standard InChI is InChI=1S/C18H14N2O6S/c1-26-18(25)10-4-6-11(7-5-10)20-14(21)9-13(16(20)22)27-15-12(17(23)24)3-2-8-19-15/h2-8,13H,9H2,1H3,(H,23,24)/t13-/m0/s1. The number of rotatable bonds is 5. The van der Waals surface area contributed by atoms with Gasteiger partial charge in [0.2, 0.25) is 11.8 Å². The highest BCUT2D eigenvalue weighted by molar-refractivity contribution is 8.00. The van der Waals surface area contributed by atoms with Crippen molar-refractivity contribution in [1.29, 1.82) is 0 Å². The zero-order valence-electron chi connectivity index (χ0n) is 14.1. The molecule has 3 rings (SSSR count). The zero-order chi connectivity index (χ0) is 19.6. The minimum absolute atomic E-state index is 0.0244. The molecule has 8 nitrogen and oxygen atoms in total. The number of aromatic nitrogens is 1. The molecular formula is C18H14N2O6S. The fourth-order valence-corrected chi connectivity index (χ4v) is 3.72. The molecule has 1 aromatic heterocycles. The molecule has 2 aromatic rings. The van der Waals surface area contributed by atoms with Gasteiger partial charge in [-0.25, -0.2) is 19.5 Å². The Morgan fingerprint density at radius 2 is 1.93 bits per heavy atom. The number of anilines is 1. The number of carboxylic acids is 1. The lowest BCUT2D eigenvalue weighted by Gasteiger charge is -2.15. The fraction of sp³-hybridized carbons (Fsp3) is 0.167. The molecule has 9 heteroatoms. The van der Waals surface area contributed by atoms with Crippen LogP contribution in [0.15, 0.2) is 47.6 Å². The number of carboxylic acid groups (broad SMARTS) is 1. The Morgan fingerprint density at radius 3 is 2.56 bits per heavy atom. The van der Waals surface area contributed by atoms with E-state index in [2.05, 4.69) is 9.72 Å². The second-order valence-electron chi connectivity index (χ2n) is 5.58. The maximum Gasteiger partial charge on any atom is 0.338 e. The van der Waals surface area contributed by atoms with Crippen molar-refractivity contribution in [2.75, 3.05) is 12.0 Å². The molecule has 1 aliphatic heterocycles. The first kappa shape index (κ1) is 18.6. The van der Waals surface area contributed by atoms with Gasteiger partial charge < -0.3 is 9.84 Å². The molecule has 1 saturated heterocycles. The molecular weight excluding hydrogens is 372 g/mol. The zero-order valence-corrected chi connectivity index (χ0v) is 14.9. The number of hydrogen-bond donors (Lipinski definition) is 1. The van der Waals surface area contributed by atoms with E-state index in [1.165, 1.54) is 49.7 Å². The molecule has 1 atom stereocenters. The molecule has 1 N–H and O–H groups in total. The number of nitrogens with zero attached hydrogens (tertiary/aromatic N) is 2. The summed E-state index contributed by atoms with van der Waals surface area (Å²) in [5.41, 5.74) is 0.606. The number of thioether (sulfide) groups is 1. The van der Waals surface area contributed by atoms with Gasteiger partial charge in [0.25, 0.3) is 0 Å². The van der Waals surface area contributed by atoms with E-state index in [1.54, 1.807) is 0 Å². The number of imide groups is 1. The average molecular weight is 386 g/mol. The Morgan fingerprint density at radius 1 is 1.22 bits per heavy atom. The van der Waals surface area contributed by atoms with Crippen LogP contribution in [0.4, 0.5) is 5.69 Å². The van der Waals surface area contributed by atoms with Crippen LogP contribution in [0.1, 0.15) is 27.1 Å². The normalized spacial score (nSPS) is 16.5. The third kappa shape index (κ3) is 3.68. The highest BCUT2D eigenvalue weighted by Crippen LogP contribution is 2.34. The first-order valence-corrected chi connectivity index (χ1v) is 8.70. The quantitative estimate of drug-likeness (QED) is 0.613. The molecule has 0 unspecified atom stereocenters. The number of methoxy groups -OCH3 is 1. The number of esters is 1. The molecule has 0 spiro atoms. The van der Waals surface area contributed by atoms with Crippen LogP contribution < -0.4 is 4.90 Å². The summed E-state index contributed by atoms with van der Waals surface area (Å²) in [4.78, 5) is 52.9. The average Bonchev–Trinajstić information content (AvgIpc) is 2.95. The third-order valence-corrected chi connectivity index (χ3v) is 5.11. The molecule has 0 radical (unpaired) electrons. The number of aromatic carboxylic acids is 1. The first-order chi connectivity index (χ1) is 12.9. The molecule has 0 saturated carbocycles. The van der Waals surface area contributed by atoms with Gasteiger partial charge in [0, 0.05) is 12.6 Å². The van der Waals surface area contributed by atoms with Crippen molar-refractivity contribution in [2.24, 2.45) is 0 Å². The number of ether oxygens (including phenoxy) is 1. The molecule has 0 bridgehead atoms. The Balaban J connectivity index is 1.81. The minimum atomic E-state index is -1.15.